The fraction of sp³-hybridized carbons (Fsp3) is 0.296. The average molecular weight is 465 g/mol. The van der Waals surface area contributed by atoms with Crippen LogP contribution in [0.4, 0.5) is 0 Å². The van der Waals surface area contributed by atoms with Gasteiger partial charge >= 0.3 is 0 Å². The Labute approximate surface area is 202 Å². The zero-order valence-corrected chi connectivity index (χ0v) is 19.2. The van der Waals surface area contributed by atoms with Gasteiger partial charge in [-0.05, 0) is 61.4 Å². The molecule has 1 atom stereocenters. The Hall–Kier alpha value is -4.25. The summed E-state index contributed by atoms with van der Waals surface area (Å²) in [5.41, 5.74) is 5.05. The molecule has 4 aromatic rings. The molecule has 6 rings (SSSR count). The smallest absolute Gasteiger partial charge is 0.255 e. The highest BCUT2D eigenvalue weighted by molar-refractivity contribution is 6.06. The maximum absolute atomic E-state index is 13.9. The van der Waals surface area contributed by atoms with Gasteiger partial charge in [-0.15, -0.1) is 0 Å². The summed E-state index contributed by atoms with van der Waals surface area (Å²) in [6.45, 7) is 0.462. The normalized spacial score (nSPS) is 17.1. The van der Waals surface area contributed by atoms with Crippen LogP contribution in [0.1, 0.15) is 52.0 Å². The molecule has 1 saturated carbocycles. The number of carbonyl (C=O) groups is 2. The number of rotatable bonds is 6. The molecular weight excluding hydrogens is 440 g/mol. The number of aryl methyl sites for hydroxylation is 1. The second-order valence-electron chi connectivity index (χ2n) is 9.34. The largest absolute Gasteiger partial charge is 0.332 e. The molecule has 35 heavy (non-hydrogen) atoms. The third-order valence-electron chi connectivity index (χ3n) is 7.12. The average Bonchev–Trinajstić information content (AvgIpc) is 3.50. The van der Waals surface area contributed by atoms with E-state index < -0.39 is 0 Å². The van der Waals surface area contributed by atoms with Crippen LogP contribution in [0, 0.1) is 11.3 Å². The third kappa shape index (κ3) is 3.79. The van der Waals surface area contributed by atoms with Gasteiger partial charge < -0.3 is 4.90 Å². The first kappa shape index (κ1) is 21.3. The summed E-state index contributed by atoms with van der Waals surface area (Å²) < 4.78 is 3.18. The second kappa shape index (κ2) is 8.51. The quantitative estimate of drug-likeness (QED) is 0.408. The monoisotopic (exact) mass is 464 g/mol. The van der Waals surface area contributed by atoms with Crippen molar-refractivity contribution in [3.8, 4) is 6.07 Å². The maximum atomic E-state index is 13.9. The molecule has 174 valence electrons. The minimum atomic E-state index is 0.0336. The predicted molar refractivity (Wildman–Crippen MR) is 129 cm³/mol. The van der Waals surface area contributed by atoms with Crippen LogP contribution in [0.15, 0.2) is 54.9 Å². The lowest BCUT2D eigenvalue weighted by Crippen LogP contribution is -2.44. The molecule has 1 fully saturated rings. The molecule has 1 amide bonds. The lowest BCUT2D eigenvalue weighted by atomic mass is 9.91. The Morgan fingerprint density at radius 2 is 2.00 bits per heavy atom. The SMILES string of the molecule is N#Cc1ccccc1Cn1ncc2c(C(=O)N(C3CC3)C3CCc4nn(C=O)cc4C3)cccc21. The fourth-order valence-corrected chi connectivity index (χ4v) is 5.26. The van der Waals surface area contributed by atoms with Crippen molar-refractivity contribution in [2.75, 3.05) is 0 Å². The number of fused-ring (bicyclic) bond motifs is 2. The van der Waals surface area contributed by atoms with Crippen molar-refractivity contribution < 1.29 is 9.59 Å². The summed E-state index contributed by atoms with van der Waals surface area (Å²) in [4.78, 5) is 27.2. The van der Waals surface area contributed by atoms with Crippen LogP contribution in [0.3, 0.4) is 0 Å². The van der Waals surface area contributed by atoms with Crippen LogP contribution < -0.4 is 0 Å². The van der Waals surface area contributed by atoms with Crippen LogP contribution in [0.2, 0.25) is 0 Å². The molecule has 2 aliphatic rings. The van der Waals surface area contributed by atoms with E-state index in [-0.39, 0.29) is 18.0 Å². The van der Waals surface area contributed by atoms with Crippen molar-refractivity contribution in [3.05, 3.63) is 82.8 Å². The number of nitrogens with zero attached hydrogens (tertiary/aromatic N) is 6. The summed E-state index contributed by atoms with van der Waals surface area (Å²) in [7, 11) is 0. The highest BCUT2D eigenvalue weighted by Crippen LogP contribution is 2.35. The predicted octanol–water partition coefficient (Wildman–Crippen LogP) is 3.35. The second-order valence-corrected chi connectivity index (χ2v) is 9.34. The van der Waals surface area contributed by atoms with Gasteiger partial charge in [0.25, 0.3) is 5.91 Å². The number of hydrogen-bond acceptors (Lipinski definition) is 5. The van der Waals surface area contributed by atoms with Crippen LogP contribution >= 0.6 is 0 Å². The molecule has 2 aliphatic carbocycles. The Morgan fingerprint density at radius 3 is 2.80 bits per heavy atom. The number of hydrogen-bond donors (Lipinski definition) is 0. The van der Waals surface area contributed by atoms with Crippen LogP contribution in [0.5, 0.6) is 0 Å². The Balaban J connectivity index is 1.32. The van der Waals surface area contributed by atoms with Crippen molar-refractivity contribution >= 4 is 23.2 Å². The molecule has 0 aliphatic heterocycles. The van der Waals surface area contributed by atoms with E-state index in [1.54, 1.807) is 18.5 Å². The van der Waals surface area contributed by atoms with Crippen molar-refractivity contribution in [2.45, 2.75) is 50.7 Å². The van der Waals surface area contributed by atoms with E-state index in [0.29, 0.717) is 30.5 Å². The third-order valence-corrected chi connectivity index (χ3v) is 7.12. The number of nitriles is 1. The molecule has 0 N–H and O–H groups in total. The number of carbonyl (C=O) groups excluding carboxylic acids is 2. The molecule has 0 bridgehead atoms. The van der Waals surface area contributed by atoms with Gasteiger partial charge in [0.2, 0.25) is 6.41 Å². The lowest BCUT2D eigenvalue weighted by Gasteiger charge is -2.34. The standard InChI is InChI=1S/C27H24N6O2/c28-13-18-4-1-2-5-19(18)16-32-26-7-3-6-23(24(26)14-29-32)27(35)33(21-8-9-21)22-10-11-25-20(12-22)15-31(17-34)30-25/h1-7,14-15,17,21-22H,8-12,16H2. The van der Waals surface area contributed by atoms with Crippen molar-refractivity contribution in [1.82, 2.24) is 24.5 Å². The van der Waals surface area contributed by atoms with Crippen molar-refractivity contribution in [1.29, 1.82) is 5.26 Å². The van der Waals surface area contributed by atoms with Crippen LogP contribution in [0.25, 0.3) is 10.9 Å². The van der Waals surface area contributed by atoms with Gasteiger partial charge in [0, 0.05) is 23.7 Å². The summed E-state index contributed by atoms with van der Waals surface area (Å²) in [5.74, 6) is 0.0336. The van der Waals surface area contributed by atoms with Gasteiger partial charge in [0.15, 0.2) is 0 Å². The first-order valence-corrected chi connectivity index (χ1v) is 11.9. The highest BCUT2D eigenvalue weighted by Gasteiger charge is 2.40. The molecule has 0 radical (unpaired) electrons. The topological polar surface area (TPSA) is 96.8 Å². The zero-order chi connectivity index (χ0) is 23.9. The van der Waals surface area contributed by atoms with Crippen molar-refractivity contribution in [3.63, 3.8) is 0 Å². The van der Waals surface area contributed by atoms with E-state index in [0.717, 1.165) is 53.4 Å². The van der Waals surface area contributed by atoms with Crippen LogP contribution in [-0.4, -0.2) is 48.9 Å². The van der Waals surface area contributed by atoms with Gasteiger partial charge in [-0.3, -0.25) is 14.3 Å². The number of amides is 1. The Morgan fingerprint density at radius 1 is 1.14 bits per heavy atom. The first-order valence-electron chi connectivity index (χ1n) is 11.9. The number of benzene rings is 2. The molecule has 8 heteroatoms. The Kier molecular flexibility index (Phi) is 5.18. The van der Waals surface area contributed by atoms with E-state index in [1.807, 2.05) is 41.1 Å². The van der Waals surface area contributed by atoms with E-state index in [9.17, 15) is 14.9 Å². The maximum Gasteiger partial charge on any atom is 0.255 e. The minimum Gasteiger partial charge on any atom is -0.332 e. The highest BCUT2D eigenvalue weighted by atomic mass is 16.2. The zero-order valence-electron chi connectivity index (χ0n) is 19.2. The molecule has 8 nitrogen and oxygen atoms in total. The minimum absolute atomic E-state index is 0.0336. The molecule has 2 aromatic carbocycles. The van der Waals surface area contributed by atoms with E-state index in [1.165, 1.54) is 4.68 Å². The molecule has 0 saturated heterocycles. The fourth-order valence-electron chi connectivity index (χ4n) is 5.26. The number of aromatic nitrogens is 4. The van der Waals surface area contributed by atoms with Gasteiger partial charge in [-0.25, -0.2) is 4.68 Å². The summed E-state index contributed by atoms with van der Waals surface area (Å²) in [6, 6.07) is 15.8. The van der Waals surface area contributed by atoms with E-state index in [4.69, 9.17) is 0 Å². The Bertz CT molecular complexity index is 1490. The van der Waals surface area contributed by atoms with Crippen LogP contribution in [-0.2, 0) is 24.2 Å². The summed E-state index contributed by atoms with van der Waals surface area (Å²) in [6.07, 6.45) is 8.61. The van der Waals surface area contributed by atoms with E-state index in [2.05, 4.69) is 21.2 Å². The van der Waals surface area contributed by atoms with Gasteiger partial charge in [-0.2, -0.15) is 15.5 Å². The molecule has 2 heterocycles. The summed E-state index contributed by atoms with van der Waals surface area (Å²) >= 11 is 0. The molecule has 1 unspecified atom stereocenters. The van der Waals surface area contributed by atoms with Crippen molar-refractivity contribution in [2.24, 2.45) is 0 Å². The first-order chi connectivity index (χ1) is 17.2. The van der Waals surface area contributed by atoms with E-state index >= 15 is 0 Å². The van der Waals surface area contributed by atoms with Gasteiger partial charge in [0.05, 0.1) is 41.1 Å². The van der Waals surface area contributed by atoms with Gasteiger partial charge in [0.1, 0.15) is 0 Å². The molecular formula is C27H24N6O2. The van der Waals surface area contributed by atoms with Gasteiger partial charge in [-0.1, -0.05) is 24.3 Å². The molecule has 2 aromatic heterocycles. The summed E-state index contributed by atoms with van der Waals surface area (Å²) in [5, 5.41) is 19.2. The lowest BCUT2D eigenvalue weighted by molar-refractivity contribution is 0.0645. The molecule has 0 spiro atoms.